The molecule has 0 aromatic heterocycles. The third-order valence-corrected chi connectivity index (χ3v) is 5.70. The molecule has 2 aromatic carbocycles. The van der Waals surface area contributed by atoms with Gasteiger partial charge in [-0.2, -0.15) is 0 Å². The van der Waals surface area contributed by atoms with Gasteiger partial charge in [-0.25, -0.2) is 13.2 Å². The molecule has 0 spiro atoms. The van der Waals surface area contributed by atoms with E-state index in [2.05, 4.69) is 0 Å². The molecule has 0 fully saturated rings. The molecule has 0 N–H and O–H groups in total. The number of carbonyl (C=O) groups is 1. The number of carbonyl (C=O) groups excluding carboxylic acids is 1. The van der Waals surface area contributed by atoms with Gasteiger partial charge in [-0.3, -0.25) is 0 Å². The summed E-state index contributed by atoms with van der Waals surface area (Å²) < 4.78 is 29.8. The Bertz CT molecular complexity index is 901. The molecular formula is C16H13ClO4S. The fraction of sp³-hybridized carbons (Fsp3) is 0.188. The zero-order valence-corrected chi connectivity index (χ0v) is 13.6. The van der Waals surface area contributed by atoms with Crippen LogP contribution in [0.15, 0.2) is 35.2 Å². The summed E-state index contributed by atoms with van der Waals surface area (Å²) in [5.74, 6) is -0.670. The summed E-state index contributed by atoms with van der Waals surface area (Å²) in [6, 6.07) is 8.32. The number of hydrogen-bond donors (Lipinski definition) is 0. The summed E-state index contributed by atoms with van der Waals surface area (Å²) in [5, 5.41) is 0.500. The maximum Gasteiger partial charge on any atom is 0.338 e. The predicted octanol–water partition coefficient (Wildman–Crippen LogP) is 3.39. The monoisotopic (exact) mass is 336 g/mol. The van der Waals surface area contributed by atoms with E-state index in [1.807, 2.05) is 6.07 Å². The molecular weight excluding hydrogens is 324 g/mol. The largest absolute Gasteiger partial charge is 0.465 e. The van der Waals surface area contributed by atoms with Gasteiger partial charge in [0.05, 0.1) is 23.3 Å². The first-order valence-electron chi connectivity index (χ1n) is 6.58. The zero-order chi connectivity index (χ0) is 16.1. The molecule has 3 rings (SSSR count). The standard InChI is InChI=1S/C16H13ClO4S/c1-9-5-14-12-4-3-11(17)6-10(12)8-22(19,20)15(14)7-13(9)16(18)21-2/h3-7H,8H2,1-2H3. The van der Waals surface area contributed by atoms with Gasteiger partial charge in [-0.1, -0.05) is 17.7 Å². The van der Waals surface area contributed by atoms with Gasteiger partial charge in [-0.15, -0.1) is 0 Å². The number of hydrogen-bond acceptors (Lipinski definition) is 4. The van der Waals surface area contributed by atoms with Gasteiger partial charge in [0, 0.05) is 10.6 Å². The number of benzene rings is 2. The minimum absolute atomic E-state index is 0.125. The second kappa shape index (κ2) is 5.11. The zero-order valence-electron chi connectivity index (χ0n) is 12.0. The third kappa shape index (κ3) is 2.30. The molecule has 0 unspecified atom stereocenters. The Kier molecular flexibility index (Phi) is 3.50. The van der Waals surface area contributed by atoms with E-state index in [9.17, 15) is 13.2 Å². The second-order valence-corrected chi connectivity index (χ2v) is 7.61. The highest BCUT2D eigenvalue weighted by Crippen LogP contribution is 2.40. The Labute approximate surface area is 133 Å². The van der Waals surface area contributed by atoms with Crippen LogP contribution in [0.5, 0.6) is 0 Å². The SMILES string of the molecule is COC(=O)c1cc2c(cc1C)-c1ccc(Cl)cc1CS2(=O)=O. The van der Waals surface area contributed by atoms with Gasteiger partial charge in [0.1, 0.15) is 0 Å². The van der Waals surface area contributed by atoms with Crippen LogP contribution in [0.25, 0.3) is 11.1 Å². The summed E-state index contributed by atoms with van der Waals surface area (Å²) in [6.45, 7) is 1.75. The predicted molar refractivity (Wildman–Crippen MR) is 83.9 cm³/mol. The molecule has 1 aliphatic heterocycles. The van der Waals surface area contributed by atoms with E-state index >= 15 is 0 Å². The van der Waals surface area contributed by atoms with Crippen molar-refractivity contribution >= 4 is 27.4 Å². The Morgan fingerprint density at radius 1 is 1.18 bits per heavy atom. The average molecular weight is 337 g/mol. The summed E-state index contributed by atoms with van der Waals surface area (Å²) in [7, 11) is -2.25. The number of fused-ring (bicyclic) bond motifs is 3. The van der Waals surface area contributed by atoms with Gasteiger partial charge >= 0.3 is 5.97 Å². The maximum absolute atomic E-state index is 12.5. The van der Waals surface area contributed by atoms with Gasteiger partial charge in [0.2, 0.25) is 0 Å². The molecule has 2 aromatic rings. The smallest absolute Gasteiger partial charge is 0.338 e. The highest BCUT2D eigenvalue weighted by Gasteiger charge is 2.30. The first kappa shape index (κ1) is 15.1. The van der Waals surface area contributed by atoms with Crippen molar-refractivity contribution in [1.29, 1.82) is 0 Å². The number of aryl methyl sites for hydroxylation is 1. The summed E-state index contributed by atoms with van der Waals surface area (Å²) in [4.78, 5) is 11.9. The third-order valence-electron chi connectivity index (χ3n) is 3.77. The molecule has 114 valence electrons. The molecule has 0 atom stereocenters. The van der Waals surface area contributed by atoms with Crippen molar-refractivity contribution in [2.24, 2.45) is 0 Å². The lowest BCUT2D eigenvalue weighted by atomic mass is 9.96. The van der Waals surface area contributed by atoms with Crippen molar-refractivity contribution in [3.05, 3.63) is 52.0 Å². The van der Waals surface area contributed by atoms with Crippen molar-refractivity contribution in [2.45, 2.75) is 17.6 Å². The Morgan fingerprint density at radius 2 is 1.91 bits per heavy atom. The summed E-state index contributed by atoms with van der Waals surface area (Å²) in [6.07, 6.45) is 0. The molecule has 0 saturated carbocycles. The van der Waals surface area contributed by atoms with Crippen LogP contribution in [-0.4, -0.2) is 21.5 Å². The van der Waals surface area contributed by atoms with Crippen LogP contribution in [0.2, 0.25) is 5.02 Å². The Balaban J connectivity index is 2.34. The first-order chi connectivity index (χ1) is 10.3. The van der Waals surface area contributed by atoms with Crippen LogP contribution in [0.1, 0.15) is 21.5 Å². The van der Waals surface area contributed by atoms with E-state index in [1.165, 1.54) is 13.2 Å². The molecule has 1 heterocycles. The van der Waals surface area contributed by atoms with Crippen LogP contribution in [0.3, 0.4) is 0 Å². The van der Waals surface area contributed by atoms with Crippen LogP contribution < -0.4 is 0 Å². The Hall–Kier alpha value is -1.85. The highest BCUT2D eigenvalue weighted by molar-refractivity contribution is 7.90. The molecule has 4 nitrogen and oxygen atoms in total. The van der Waals surface area contributed by atoms with E-state index in [4.69, 9.17) is 16.3 Å². The van der Waals surface area contributed by atoms with E-state index in [0.717, 1.165) is 5.56 Å². The molecule has 1 aliphatic rings. The molecule has 0 saturated heterocycles. The van der Waals surface area contributed by atoms with Gasteiger partial charge in [-0.05, 0) is 47.9 Å². The van der Waals surface area contributed by atoms with Gasteiger partial charge < -0.3 is 4.74 Å². The van der Waals surface area contributed by atoms with E-state index in [1.54, 1.807) is 25.1 Å². The number of esters is 1. The summed E-state index contributed by atoms with van der Waals surface area (Å²) >= 11 is 5.96. The molecule has 0 aliphatic carbocycles. The van der Waals surface area contributed by atoms with Crippen molar-refractivity contribution in [2.75, 3.05) is 7.11 Å². The maximum atomic E-state index is 12.5. The minimum atomic E-state index is -3.52. The van der Waals surface area contributed by atoms with Gasteiger partial charge in [0.15, 0.2) is 9.84 Å². The molecule has 0 radical (unpaired) electrons. The number of methoxy groups -OCH3 is 1. The number of sulfone groups is 1. The fourth-order valence-corrected chi connectivity index (χ4v) is 4.51. The van der Waals surface area contributed by atoms with E-state index < -0.39 is 15.8 Å². The Morgan fingerprint density at radius 3 is 2.59 bits per heavy atom. The molecule has 0 amide bonds. The minimum Gasteiger partial charge on any atom is -0.465 e. The highest BCUT2D eigenvalue weighted by atomic mass is 35.5. The van der Waals surface area contributed by atoms with Gasteiger partial charge in [0.25, 0.3) is 0 Å². The molecule has 22 heavy (non-hydrogen) atoms. The summed E-state index contributed by atoms with van der Waals surface area (Å²) in [5.41, 5.74) is 3.04. The number of ether oxygens (including phenoxy) is 1. The molecule has 0 bridgehead atoms. The fourth-order valence-electron chi connectivity index (χ4n) is 2.71. The van der Waals surface area contributed by atoms with Crippen molar-refractivity contribution in [3.8, 4) is 11.1 Å². The molecule has 6 heteroatoms. The van der Waals surface area contributed by atoms with Crippen LogP contribution in [0.4, 0.5) is 0 Å². The van der Waals surface area contributed by atoms with Crippen LogP contribution in [-0.2, 0) is 20.3 Å². The lowest BCUT2D eigenvalue weighted by Gasteiger charge is -2.22. The lowest BCUT2D eigenvalue weighted by Crippen LogP contribution is -2.15. The first-order valence-corrected chi connectivity index (χ1v) is 8.61. The number of halogens is 1. The van der Waals surface area contributed by atoms with Crippen molar-refractivity contribution < 1.29 is 17.9 Å². The average Bonchev–Trinajstić information content (AvgIpc) is 2.45. The van der Waals surface area contributed by atoms with Crippen molar-refractivity contribution in [3.63, 3.8) is 0 Å². The van der Waals surface area contributed by atoms with E-state index in [0.29, 0.717) is 21.7 Å². The quantitative estimate of drug-likeness (QED) is 0.749. The van der Waals surface area contributed by atoms with Crippen LogP contribution >= 0.6 is 11.6 Å². The van der Waals surface area contributed by atoms with E-state index in [-0.39, 0.29) is 16.2 Å². The topological polar surface area (TPSA) is 60.4 Å². The normalized spacial score (nSPS) is 14.9. The van der Waals surface area contributed by atoms with Crippen LogP contribution in [0, 0.1) is 6.92 Å². The number of rotatable bonds is 1. The lowest BCUT2D eigenvalue weighted by molar-refractivity contribution is 0.0599. The van der Waals surface area contributed by atoms with Crippen molar-refractivity contribution in [1.82, 2.24) is 0 Å². The second-order valence-electron chi connectivity index (χ2n) is 5.22.